The predicted octanol–water partition coefficient (Wildman–Crippen LogP) is 8.61. The number of rotatable bonds is 20. The van der Waals surface area contributed by atoms with E-state index in [1.807, 2.05) is 47.0 Å². The molecule has 0 spiro atoms. The van der Waals surface area contributed by atoms with Crippen molar-refractivity contribution in [2.45, 2.75) is 23.0 Å². The topological polar surface area (TPSA) is 18.5 Å². The van der Waals surface area contributed by atoms with Crippen molar-refractivity contribution in [3.05, 3.63) is 119 Å². The zero-order chi connectivity index (χ0) is 26.4. The van der Waals surface area contributed by atoms with Gasteiger partial charge in [-0.3, -0.25) is 0 Å². The van der Waals surface area contributed by atoms with Crippen LogP contribution in [0.1, 0.15) is 22.3 Å². The van der Waals surface area contributed by atoms with Crippen LogP contribution in [0, 0.1) is 0 Å². The van der Waals surface area contributed by atoms with Crippen LogP contribution < -0.4 is 0 Å². The van der Waals surface area contributed by atoms with Crippen LogP contribution in [0.3, 0.4) is 0 Å². The largest absolute Gasteiger partial charge is 0.748 e. The van der Waals surface area contributed by atoms with Gasteiger partial charge in [-0.2, -0.15) is 89.2 Å². The summed E-state index contributed by atoms with van der Waals surface area (Å²) in [7, 11) is 0. The second kappa shape index (κ2) is 26.4. The molecule has 0 saturated heterocycles. The summed E-state index contributed by atoms with van der Waals surface area (Å²) in [5.74, 6) is 8.73. The summed E-state index contributed by atoms with van der Waals surface area (Å²) in [6.45, 7) is 3.45. The molecule has 0 aliphatic rings. The summed E-state index contributed by atoms with van der Waals surface area (Å²) in [4.78, 5) is 0. The molecule has 0 bridgehead atoms. The van der Waals surface area contributed by atoms with Crippen LogP contribution in [0.15, 0.2) is 97.1 Å². The molecule has 4 aromatic rings. The van der Waals surface area contributed by atoms with Gasteiger partial charge in [0.05, 0.1) is 26.4 Å². The van der Waals surface area contributed by atoms with Crippen molar-refractivity contribution < 1.29 is 43.6 Å². The normalized spacial score (nSPS) is 10.4. The Morgan fingerprint density at radius 1 is 0.450 bits per heavy atom. The molecular weight excluding hydrogens is 656 g/mol. The molecule has 4 aromatic carbocycles. The van der Waals surface area contributed by atoms with Gasteiger partial charge in [-0.25, -0.2) is 36.4 Å². The van der Waals surface area contributed by atoms with Crippen molar-refractivity contribution in [2.24, 2.45) is 0 Å². The van der Waals surface area contributed by atoms with E-state index < -0.39 is 0 Å². The first-order valence-corrected chi connectivity index (χ1v) is 17.8. The summed E-state index contributed by atoms with van der Waals surface area (Å²) < 4.78 is 11.3. The fourth-order valence-corrected chi connectivity index (χ4v) is 6.71. The summed E-state index contributed by atoms with van der Waals surface area (Å²) in [5, 5.41) is 0. The van der Waals surface area contributed by atoms with Crippen LogP contribution in [0.25, 0.3) is 0 Å². The molecule has 2 nitrogen and oxygen atoms in total. The van der Waals surface area contributed by atoms with Gasteiger partial charge in [0.2, 0.25) is 0 Å². The third-order valence-corrected chi connectivity index (χ3v) is 9.46. The van der Waals surface area contributed by atoms with Crippen molar-refractivity contribution in [1.29, 1.82) is 0 Å². The van der Waals surface area contributed by atoms with Crippen molar-refractivity contribution >= 4 is 47.0 Å². The maximum absolute atomic E-state index is 5.63. The Hall–Kier alpha value is -0.241. The SMILES string of the molecule is [Fe].[Fe].c1cc[c-](CSCCOCCSC[c-]2[cH-][cH-][cH-][cH-]2)c1.c1cc[c-](CSCCOCCSC[c-]2cccc2)c1. The van der Waals surface area contributed by atoms with Crippen LogP contribution in [0.2, 0.25) is 0 Å². The predicted molar refractivity (Wildman–Crippen MR) is 174 cm³/mol. The average Bonchev–Trinajstić information content (AvgIpc) is 3.76. The molecule has 0 fully saturated rings. The molecule has 8 heteroatoms. The molecule has 0 atom stereocenters. The Kier molecular flexibility index (Phi) is 24.9. The first kappa shape index (κ1) is 37.8. The van der Waals surface area contributed by atoms with Gasteiger partial charge in [-0.15, -0.1) is 16.7 Å². The van der Waals surface area contributed by atoms with Gasteiger partial charge in [0.25, 0.3) is 0 Å². The summed E-state index contributed by atoms with van der Waals surface area (Å²) in [6.07, 6.45) is 0. The maximum atomic E-state index is 5.63. The Morgan fingerprint density at radius 2 is 0.750 bits per heavy atom. The summed E-state index contributed by atoms with van der Waals surface area (Å²) in [5.41, 5.74) is 5.65. The first-order valence-electron chi connectivity index (χ1n) is 13.2. The molecule has 228 valence electrons. The van der Waals surface area contributed by atoms with Crippen LogP contribution in [0.4, 0.5) is 0 Å². The molecule has 0 unspecified atom stereocenters. The zero-order valence-corrected chi connectivity index (χ0v) is 28.4. The maximum Gasteiger partial charge on any atom is 0.0556 e. The molecule has 0 aromatic heterocycles. The standard InChI is InChI=1S/2C16H20OS2.2Fe/c2*1-2-6-15(5-1)13-18-11-9-17-10-12-19-14-16-7-3-4-8-16;;/h2*1-8H,9-14H2;;/q-6;-2;;. The molecule has 0 heterocycles. The van der Waals surface area contributed by atoms with Gasteiger partial charge >= 0.3 is 0 Å². The van der Waals surface area contributed by atoms with E-state index in [2.05, 4.69) is 97.1 Å². The zero-order valence-electron chi connectivity index (χ0n) is 22.9. The van der Waals surface area contributed by atoms with E-state index in [1.165, 1.54) is 22.3 Å². The first-order chi connectivity index (χ1) is 18.9. The Labute approximate surface area is 280 Å². The van der Waals surface area contributed by atoms with Crippen molar-refractivity contribution in [3.8, 4) is 0 Å². The minimum absolute atomic E-state index is 0. The minimum Gasteiger partial charge on any atom is -0.748 e. The van der Waals surface area contributed by atoms with Crippen molar-refractivity contribution in [3.63, 3.8) is 0 Å². The second-order valence-electron chi connectivity index (χ2n) is 8.61. The van der Waals surface area contributed by atoms with Gasteiger partial charge in [0.1, 0.15) is 0 Å². The van der Waals surface area contributed by atoms with Crippen LogP contribution in [-0.4, -0.2) is 49.4 Å². The monoisotopic (exact) mass is 696 g/mol. The van der Waals surface area contributed by atoms with Gasteiger partial charge in [-0.1, -0.05) is 0 Å². The quantitative estimate of drug-likeness (QED) is 0.0520. The summed E-state index contributed by atoms with van der Waals surface area (Å²) >= 11 is 7.76. The van der Waals surface area contributed by atoms with Crippen LogP contribution >= 0.6 is 47.0 Å². The third kappa shape index (κ3) is 19.0. The fourth-order valence-electron chi connectivity index (χ4n) is 3.48. The number of hydrogen-bond donors (Lipinski definition) is 0. The van der Waals surface area contributed by atoms with Crippen molar-refractivity contribution in [2.75, 3.05) is 49.4 Å². The van der Waals surface area contributed by atoms with E-state index in [-0.39, 0.29) is 34.1 Å². The van der Waals surface area contributed by atoms with Crippen LogP contribution in [-0.2, 0) is 66.6 Å². The molecule has 0 saturated carbocycles. The molecular formula is C32H40Fe2O2S4-8. The van der Waals surface area contributed by atoms with Crippen molar-refractivity contribution in [1.82, 2.24) is 0 Å². The molecule has 4 rings (SSSR count). The molecule has 40 heavy (non-hydrogen) atoms. The molecule has 0 radical (unpaired) electrons. The van der Waals surface area contributed by atoms with Gasteiger partial charge in [0.15, 0.2) is 0 Å². The van der Waals surface area contributed by atoms with E-state index in [1.54, 1.807) is 0 Å². The smallest absolute Gasteiger partial charge is 0.0556 e. The average molecular weight is 697 g/mol. The van der Waals surface area contributed by atoms with E-state index >= 15 is 0 Å². The van der Waals surface area contributed by atoms with Gasteiger partial charge in [-0.05, 0) is 17.3 Å². The fraction of sp³-hybridized carbons (Fsp3) is 0.375. The molecule has 0 amide bonds. The summed E-state index contributed by atoms with van der Waals surface area (Å²) in [6, 6.07) is 34.1. The molecule has 0 aliphatic heterocycles. The second-order valence-corrected chi connectivity index (χ2v) is 13.0. The Bertz CT molecular complexity index is 825. The number of hydrogen-bond acceptors (Lipinski definition) is 6. The van der Waals surface area contributed by atoms with E-state index in [4.69, 9.17) is 9.47 Å². The van der Waals surface area contributed by atoms with E-state index in [0.717, 1.165) is 72.5 Å². The third-order valence-electron chi connectivity index (χ3n) is 5.49. The number of thioether (sulfide) groups is 4. The van der Waals surface area contributed by atoms with Gasteiger partial charge in [0, 0.05) is 57.1 Å². The molecule has 0 aliphatic carbocycles. The Morgan fingerprint density at radius 3 is 1.07 bits per heavy atom. The number of ether oxygens (including phenoxy) is 2. The minimum atomic E-state index is 0. The van der Waals surface area contributed by atoms with E-state index in [9.17, 15) is 0 Å². The Balaban J connectivity index is 0.000000381. The van der Waals surface area contributed by atoms with E-state index in [0.29, 0.717) is 0 Å². The van der Waals surface area contributed by atoms with Crippen LogP contribution in [0.5, 0.6) is 0 Å². The molecule has 0 N–H and O–H groups in total. The van der Waals surface area contributed by atoms with Gasteiger partial charge < -0.3 is 39.3 Å².